The van der Waals surface area contributed by atoms with Gasteiger partial charge in [-0.05, 0) is 30.7 Å². The van der Waals surface area contributed by atoms with Gasteiger partial charge in [-0.15, -0.1) is 0 Å². The Hall–Kier alpha value is -1.16. The first-order valence-electron chi connectivity index (χ1n) is 6.47. The number of carbonyl (C=O) groups is 1. The Bertz CT molecular complexity index is 416. The molecule has 0 radical (unpaired) electrons. The smallest absolute Gasteiger partial charge is 0.231 e. The number of carbonyl (C=O) groups excluding carboxylic acids is 1. The Kier molecular flexibility index (Phi) is 4.53. The molecule has 0 aromatic heterocycles. The number of anilines is 2. The van der Waals surface area contributed by atoms with Crippen molar-refractivity contribution in [2.75, 3.05) is 28.7 Å². The Labute approximate surface area is 113 Å². The van der Waals surface area contributed by atoms with Crippen LogP contribution in [0.15, 0.2) is 24.3 Å². The van der Waals surface area contributed by atoms with E-state index in [2.05, 4.69) is 6.92 Å². The number of nitrogens with two attached hydrogens (primary N) is 1. The number of hydrogen-bond donors (Lipinski definition) is 1. The second kappa shape index (κ2) is 6.14. The van der Waals surface area contributed by atoms with Crippen molar-refractivity contribution in [3.05, 3.63) is 24.3 Å². The summed E-state index contributed by atoms with van der Waals surface area (Å²) in [6.45, 7) is 2.83. The highest BCUT2D eigenvalue weighted by Gasteiger charge is 2.28. The van der Waals surface area contributed by atoms with Gasteiger partial charge in [-0.2, -0.15) is 11.8 Å². The van der Waals surface area contributed by atoms with Crippen molar-refractivity contribution in [2.45, 2.75) is 19.8 Å². The van der Waals surface area contributed by atoms with E-state index < -0.39 is 0 Å². The van der Waals surface area contributed by atoms with Crippen molar-refractivity contribution < 1.29 is 4.79 Å². The molecule has 18 heavy (non-hydrogen) atoms. The number of nitrogen functional groups attached to an aromatic ring is 1. The third kappa shape index (κ3) is 2.80. The molecule has 1 atom stereocenters. The summed E-state index contributed by atoms with van der Waals surface area (Å²) in [7, 11) is 0. The van der Waals surface area contributed by atoms with E-state index in [0.29, 0.717) is 5.69 Å². The van der Waals surface area contributed by atoms with Crippen LogP contribution in [0, 0.1) is 5.92 Å². The first-order valence-corrected chi connectivity index (χ1v) is 7.63. The Morgan fingerprint density at radius 2 is 2.28 bits per heavy atom. The van der Waals surface area contributed by atoms with Crippen molar-refractivity contribution in [2.24, 2.45) is 5.92 Å². The van der Waals surface area contributed by atoms with Gasteiger partial charge in [0.1, 0.15) is 0 Å². The van der Waals surface area contributed by atoms with E-state index >= 15 is 0 Å². The minimum atomic E-state index is 0.168. The fraction of sp³-hybridized carbons (Fsp3) is 0.500. The van der Waals surface area contributed by atoms with Gasteiger partial charge in [-0.25, -0.2) is 0 Å². The van der Waals surface area contributed by atoms with E-state index in [0.717, 1.165) is 36.6 Å². The fourth-order valence-electron chi connectivity index (χ4n) is 2.26. The molecular formula is C14H20N2OS. The van der Waals surface area contributed by atoms with Crippen LogP contribution in [0.4, 0.5) is 11.4 Å². The van der Waals surface area contributed by atoms with Gasteiger partial charge >= 0.3 is 0 Å². The summed E-state index contributed by atoms with van der Waals surface area (Å²) in [4.78, 5) is 14.4. The van der Waals surface area contributed by atoms with Crippen LogP contribution < -0.4 is 10.6 Å². The highest BCUT2D eigenvalue weighted by molar-refractivity contribution is 7.99. The molecule has 1 aromatic carbocycles. The number of rotatable bonds is 4. The summed E-state index contributed by atoms with van der Waals surface area (Å²) in [5.74, 6) is 2.45. The molecular weight excluding hydrogens is 244 g/mol. The largest absolute Gasteiger partial charge is 0.397 e. The van der Waals surface area contributed by atoms with Gasteiger partial charge in [0.25, 0.3) is 0 Å². The molecule has 4 heteroatoms. The molecule has 1 aliphatic rings. The zero-order valence-electron chi connectivity index (χ0n) is 10.8. The van der Waals surface area contributed by atoms with Crippen molar-refractivity contribution >= 4 is 29.0 Å². The number of benzene rings is 1. The number of amides is 1. The molecule has 0 spiro atoms. The molecule has 3 nitrogen and oxygen atoms in total. The molecule has 0 bridgehead atoms. The molecule has 2 rings (SSSR count). The first-order chi connectivity index (χ1) is 8.74. The van der Waals surface area contributed by atoms with Crippen LogP contribution in [-0.2, 0) is 4.79 Å². The summed E-state index contributed by atoms with van der Waals surface area (Å²) >= 11 is 1.87. The SMILES string of the molecule is CCCN(C(=O)C1CCSC1)c1ccccc1N. The predicted octanol–water partition coefficient (Wildman–Crippen LogP) is 2.76. The topological polar surface area (TPSA) is 46.3 Å². The minimum absolute atomic E-state index is 0.168. The summed E-state index contributed by atoms with van der Waals surface area (Å²) in [5.41, 5.74) is 7.54. The van der Waals surface area contributed by atoms with Gasteiger partial charge in [0.2, 0.25) is 5.91 Å². The fourth-order valence-corrected chi connectivity index (χ4v) is 3.47. The molecule has 1 unspecified atom stereocenters. The van der Waals surface area contributed by atoms with Crippen molar-refractivity contribution in [3.8, 4) is 0 Å². The quantitative estimate of drug-likeness (QED) is 0.851. The van der Waals surface area contributed by atoms with E-state index in [9.17, 15) is 4.79 Å². The van der Waals surface area contributed by atoms with Crippen molar-refractivity contribution in [1.82, 2.24) is 0 Å². The Morgan fingerprint density at radius 3 is 2.89 bits per heavy atom. The molecule has 1 amide bonds. The van der Waals surface area contributed by atoms with Crippen LogP contribution in [0.5, 0.6) is 0 Å². The molecule has 0 aliphatic carbocycles. The van der Waals surface area contributed by atoms with Gasteiger partial charge in [-0.3, -0.25) is 4.79 Å². The maximum atomic E-state index is 12.5. The number of thioether (sulfide) groups is 1. The van der Waals surface area contributed by atoms with Crippen LogP contribution in [-0.4, -0.2) is 24.0 Å². The minimum Gasteiger partial charge on any atom is -0.397 e. The average molecular weight is 264 g/mol. The highest BCUT2D eigenvalue weighted by atomic mass is 32.2. The molecule has 1 aromatic rings. The highest BCUT2D eigenvalue weighted by Crippen LogP contribution is 2.29. The van der Waals surface area contributed by atoms with E-state index in [4.69, 9.17) is 5.73 Å². The standard InChI is InChI=1S/C14H20N2OS/c1-2-8-16(13-6-4-3-5-12(13)15)14(17)11-7-9-18-10-11/h3-6,11H,2,7-10,15H2,1H3. The van der Waals surface area contributed by atoms with Crippen molar-refractivity contribution in [1.29, 1.82) is 0 Å². The lowest BCUT2D eigenvalue weighted by atomic mass is 10.1. The van der Waals surface area contributed by atoms with Crippen LogP contribution in [0.3, 0.4) is 0 Å². The third-order valence-corrected chi connectivity index (χ3v) is 4.38. The zero-order chi connectivity index (χ0) is 13.0. The lowest BCUT2D eigenvalue weighted by Crippen LogP contribution is -2.37. The predicted molar refractivity (Wildman–Crippen MR) is 78.9 cm³/mol. The molecule has 1 fully saturated rings. The number of hydrogen-bond acceptors (Lipinski definition) is 3. The van der Waals surface area contributed by atoms with Gasteiger partial charge in [-0.1, -0.05) is 19.1 Å². The second-order valence-electron chi connectivity index (χ2n) is 4.61. The van der Waals surface area contributed by atoms with Gasteiger partial charge < -0.3 is 10.6 Å². The van der Waals surface area contributed by atoms with Gasteiger partial charge in [0.15, 0.2) is 0 Å². The molecule has 98 valence electrons. The third-order valence-electron chi connectivity index (χ3n) is 3.22. The molecule has 1 aliphatic heterocycles. The van der Waals surface area contributed by atoms with Gasteiger partial charge in [0.05, 0.1) is 11.4 Å². The maximum Gasteiger partial charge on any atom is 0.231 e. The normalized spacial score (nSPS) is 18.8. The summed E-state index contributed by atoms with van der Waals surface area (Å²) in [6.07, 6.45) is 1.94. The lowest BCUT2D eigenvalue weighted by Gasteiger charge is -2.26. The second-order valence-corrected chi connectivity index (χ2v) is 5.76. The summed E-state index contributed by atoms with van der Waals surface area (Å²) in [5, 5.41) is 0. The van der Waals surface area contributed by atoms with E-state index in [-0.39, 0.29) is 11.8 Å². The first kappa shape index (κ1) is 13.3. The monoisotopic (exact) mass is 264 g/mol. The van der Waals surface area contributed by atoms with Gasteiger partial charge in [0, 0.05) is 18.2 Å². The maximum absolute atomic E-state index is 12.5. The molecule has 1 saturated heterocycles. The van der Waals surface area contributed by atoms with E-state index in [1.165, 1.54) is 0 Å². The van der Waals surface area contributed by atoms with E-state index in [1.54, 1.807) is 0 Å². The van der Waals surface area contributed by atoms with Crippen LogP contribution in [0.1, 0.15) is 19.8 Å². The van der Waals surface area contributed by atoms with E-state index in [1.807, 2.05) is 40.9 Å². The van der Waals surface area contributed by atoms with Crippen LogP contribution >= 0.6 is 11.8 Å². The summed E-state index contributed by atoms with van der Waals surface area (Å²) < 4.78 is 0. The number of nitrogens with zero attached hydrogens (tertiary/aromatic N) is 1. The molecule has 1 heterocycles. The Morgan fingerprint density at radius 1 is 1.50 bits per heavy atom. The summed E-state index contributed by atoms with van der Waals surface area (Å²) in [6, 6.07) is 7.63. The zero-order valence-corrected chi connectivity index (χ0v) is 11.6. The van der Waals surface area contributed by atoms with Crippen LogP contribution in [0.25, 0.3) is 0 Å². The van der Waals surface area contributed by atoms with Crippen LogP contribution in [0.2, 0.25) is 0 Å². The Balaban J connectivity index is 2.22. The molecule has 2 N–H and O–H groups in total. The lowest BCUT2D eigenvalue weighted by molar-refractivity contribution is -0.121. The van der Waals surface area contributed by atoms with Crippen molar-refractivity contribution in [3.63, 3.8) is 0 Å². The number of para-hydroxylation sites is 2. The molecule has 0 saturated carbocycles. The average Bonchev–Trinajstić information content (AvgIpc) is 2.90.